The number of hydrogen-bond donors (Lipinski definition) is 2. The van der Waals surface area contributed by atoms with Crippen LogP contribution in [0.4, 0.5) is 0 Å². The quantitative estimate of drug-likeness (QED) is 0.541. The van der Waals surface area contributed by atoms with E-state index in [-0.39, 0.29) is 5.91 Å². The fraction of sp³-hybridized carbons (Fsp3) is 0.889. The third-order valence-corrected chi connectivity index (χ3v) is 2.23. The van der Waals surface area contributed by atoms with Crippen molar-refractivity contribution in [3.8, 4) is 0 Å². The third kappa shape index (κ3) is 9.83. The molecule has 2 N–H and O–H groups in total. The maximum absolute atomic E-state index is 11.1. The number of carbonyl (C=O) groups is 1. The number of methoxy groups -OCH3 is 1. The van der Waals surface area contributed by atoms with E-state index in [1.807, 2.05) is 6.26 Å². The fourth-order valence-corrected chi connectivity index (χ4v) is 1.23. The first-order valence-electron chi connectivity index (χ1n) is 4.76. The summed E-state index contributed by atoms with van der Waals surface area (Å²) in [5.74, 6) is 1.10. The van der Waals surface area contributed by atoms with Crippen molar-refractivity contribution >= 4 is 17.7 Å². The van der Waals surface area contributed by atoms with Crippen molar-refractivity contribution in [3.05, 3.63) is 0 Å². The standard InChI is InChI=1S/C9H20N2O2S/c1-13-6-3-4-11-9(12)8-10-5-7-14-2/h10H,3-8H2,1-2H3,(H,11,12). The van der Waals surface area contributed by atoms with E-state index in [0.717, 1.165) is 18.7 Å². The smallest absolute Gasteiger partial charge is 0.233 e. The van der Waals surface area contributed by atoms with Crippen molar-refractivity contribution in [1.82, 2.24) is 10.6 Å². The Kier molecular flexibility index (Phi) is 10.6. The molecule has 0 aliphatic carbocycles. The predicted molar refractivity (Wildman–Crippen MR) is 60.8 cm³/mol. The monoisotopic (exact) mass is 220 g/mol. The number of ether oxygens (including phenoxy) is 1. The molecule has 0 aliphatic heterocycles. The van der Waals surface area contributed by atoms with E-state index in [4.69, 9.17) is 4.74 Å². The molecule has 4 nitrogen and oxygen atoms in total. The van der Waals surface area contributed by atoms with Crippen LogP contribution < -0.4 is 10.6 Å². The summed E-state index contributed by atoms with van der Waals surface area (Å²) >= 11 is 1.77. The lowest BCUT2D eigenvalue weighted by atomic mass is 10.4. The normalized spacial score (nSPS) is 10.1. The van der Waals surface area contributed by atoms with Crippen LogP contribution in [-0.4, -0.2) is 51.3 Å². The summed E-state index contributed by atoms with van der Waals surface area (Å²) in [6, 6.07) is 0. The van der Waals surface area contributed by atoms with Gasteiger partial charge in [0.1, 0.15) is 0 Å². The minimum absolute atomic E-state index is 0.0576. The molecule has 0 aliphatic rings. The molecule has 5 heteroatoms. The van der Waals surface area contributed by atoms with E-state index in [0.29, 0.717) is 19.7 Å². The number of carbonyl (C=O) groups excluding carboxylic acids is 1. The predicted octanol–water partition coefficient (Wildman–Crippen LogP) is 0.0917. The van der Waals surface area contributed by atoms with Crippen LogP contribution in [-0.2, 0) is 9.53 Å². The number of hydrogen-bond acceptors (Lipinski definition) is 4. The summed E-state index contributed by atoms with van der Waals surface area (Å²) in [6.45, 7) is 2.68. The van der Waals surface area contributed by atoms with E-state index >= 15 is 0 Å². The molecule has 14 heavy (non-hydrogen) atoms. The van der Waals surface area contributed by atoms with Gasteiger partial charge < -0.3 is 15.4 Å². The summed E-state index contributed by atoms with van der Waals surface area (Å²) in [6.07, 6.45) is 2.92. The molecule has 0 saturated carbocycles. The van der Waals surface area contributed by atoms with Gasteiger partial charge in [-0.15, -0.1) is 0 Å². The zero-order valence-electron chi connectivity index (χ0n) is 8.97. The van der Waals surface area contributed by atoms with Gasteiger partial charge in [-0.05, 0) is 12.7 Å². The van der Waals surface area contributed by atoms with E-state index < -0.39 is 0 Å². The number of rotatable bonds is 9. The molecule has 0 atom stereocenters. The maximum atomic E-state index is 11.1. The Balaban J connectivity index is 3.11. The Morgan fingerprint density at radius 1 is 1.43 bits per heavy atom. The average molecular weight is 220 g/mol. The number of amides is 1. The molecule has 0 saturated heterocycles. The first-order valence-corrected chi connectivity index (χ1v) is 6.16. The van der Waals surface area contributed by atoms with Crippen LogP contribution in [0.3, 0.4) is 0 Å². The van der Waals surface area contributed by atoms with Gasteiger partial charge in [0.2, 0.25) is 5.91 Å². The minimum Gasteiger partial charge on any atom is -0.385 e. The van der Waals surface area contributed by atoms with Crippen molar-refractivity contribution in [2.45, 2.75) is 6.42 Å². The highest BCUT2D eigenvalue weighted by Gasteiger charge is 1.98. The zero-order chi connectivity index (χ0) is 10.6. The third-order valence-electron chi connectivity index (χ3n) is 1.62. The van der Waals surface area contributed by atoms with E-state index in [1.54, 1.807) is 18.9 Å². The summed E-state index contributed by atoms with van der Waals surface area (Å²) in [7, 11) is 1.66. The van der Waals surface area contributed by atoms with Crippen molar-refractivity contribution < 1.29 is 9.53 Å². The van der Waals surface area contributed by atoms with Gasteiger partial charge in [-0.1, -0.05) is 0 Å². The Morgan fingerprint density at radius 2 is 2.21 bits per heavy atom. The second-order valence-corrected chi connectivity index (χ2v) is 3.85. The van der Waals surface area contributed by atoms with Gasteiger partial charge in [0, 0.05) is 32.6 Å². The lowest BCUT2D eigenvalue weighted by Crippen LogP contribution is -2.35. The topological polar surface area (TPSA) is 50.4 Å². The summed E-state index contributed by atoms with van der Waals surface area (Å²) in [4.78, 5) is 11.1. The van der Waals surface area contributed by atoms with Crippen LogP contribution in [0.5, 0.6) is 0 Å². The van der Waals surface area contributed by atoms with Crippen LogP contribution >= 0.6 is 11.8 Å². The molecule has 0 aromatic heterocycles. The Morgan fingerprint density at radius 3 is 2.86 bits per heavy atom. The molecule has 1 amide bonds. The van der Waals surface area contributed by atoms with E-state index in [1.165, 1.54) is 0 Å². The molecular weight excluding hydrogens is 200 g/mol. The lowest BCUT2D eigenvalue weighted by Gasteiger charge is -2.05. The molecular formula is C9H20N2O2S. The van der Waals surface area contributed by atoms with Crippen LogP contribution in [0.2, 0.25) is 0 Å². The number of nitrogens with one attached hydrogen (secondary N) is 2. The largest absolute Gasteiger partial charge is 0.385 e. The molecule has 84 valence electrons. The molecule has 0 heterocycles. The lowest BCUT2D eigenvalue weighted by molar-refractivity contribution is -0.120. The van der Waals surface area contributed by atoms with Crippen LogP contribution in [0.25, 0.3) is 0 Å². The highest BCUT2D eigenvalue weighted by molar-refractivity contribution is 7.98. The van der Waals surface area contributed by atoms with Gasteiger partial charge in [0.15, 0.2) is 0 Å². The molecule has 0 unspecified atom stereocenters. The van der Waals surface area contributed by atoms with Crippen LogP contribution in [0, 0.1) is 0 Å². The van der Waals surface area contributed by atoms with Crippen LogP contribution in [0.1, 0.15) is 6.42 Å². The van der Waals surface area contributed by atoms with Gasteiger partial charge in [0.25, 0.3) is 0 Å². The molecule has 0 spiro atoms. The number of thioether (sulfide) groups is 1. The SMILES string of the molecule is COCCCNC(=O)CNCCSC. The van der Waals surface area contributed by atoms with Gasteiger partial charge in [-0.3, -0.25) is 4.79 Å². The average Bonchev–Trinajstić information content (AvgIpc) is 2.19. The van der Waals surface area contributed by atoms with Gasteiger partial charge >= 0.3 is 0 Å². The van der Waals surface area contributed by atoms with Crippen molar-refractivity contribution in [3.63, 3.8) is 0 Å². The Labute approximate surface area is 90.2 Å². The maximum Gasteiger partial charge on any atom is 0.233 e. The first-order chi connectivity index (χ1) is 6.81. The summed E-state index contributed by atoms with van der Waals surface area (Å²) in [5.41, 5.74) is 0. The summed E-state index contributed by atoms with van der Waals surface area (Å²) in [5, 5.41) is 5.87. The Hall–Kier alpha value is -0.260. The van der Waals surface area contributed by atoms with E-state index in [9.17, 15) is 4.79 Å². The zero-order valence-corrected chi connectivity index (χ0v) is 9.78. The summed E-state index contributed by atoms with van der Waals surface area (Å²) < 4.78 is 4.87. The molecule has 0 rings (SSSR count). The van der Waals surface area contributed by atoms with E-state index in [2.05, 4.69) is 10.6 Å². The molecule has 0 aromatic rings. The second kappa shape index (κ2) is 10.8. The molecule has 0 radical (unpaired) electrons. The van der Waals surface area contributed by atoms with Crippen molar-refractivity contribution in [2.75, 3.05) is 45.4 Å². The van der Waals surface area contributed by atoms with Crippen molar-refractivity contribution in [2.24, 2.45) is 0 Å². The van der Waals surface area contributed by atoms with Gasteiger partial charge in [-0.25, -0.2) is 0 Å². The highest BCUT2D eigenvalue weighted by atomic mass is 32.2. The highest BCUT2D eigenvalue weighted by Crippen LogP contribution is 1.86. The first kappa shape index (κ1) is 13.7. The minimum atomic E-state index is 0.0576. The fourth-order valence-electron chi connectivity index (χ4n) is 0.883. The molecule has 0 bridgehead atoms. The Bertz CT molecular complexity index is 131. The van der Waals surface area contributed by atoms with Gasteiger partial charge in [0.05, 0.1) is 6.54 Å². The van der Waals surface area contributed by atoms with Gasteiger partial charge in [-0.2, -0.15) is 11.8 Å². The molecule has 0 fully saturated rings. The molecule has 0 aromatic carbocycles. The van der Waals surface area contributed by atoms with Crippen LogP contribution in [0.15, 0.2) is 0 Å². The second-order valence-electron chi connectivity index (χ2n) is 2.87. The van der Waals surface area contributed by atoms with Crippen molar-refractivity contribution in [1.29, 1.82) is 0 Å².